The van der Waals surface area contributed by atoms with E-state index >= 15 is 0 Å². The van der Waals surface area contributed by atoms with Gasteiger partial charge in [-0.2, -0.15) is 0 Å². The van der Waals surface area contributed by atoms with Gasteiger partial charge in [0.2, 0.25) is 0 Å². The van der Waals surface area contributed by atoms with Crippen LogP contribution in [0.25, 0.3) is 0 Å². The number of rotatable bonds is 6. The van der Waals surface area contributed by atoms with Gasteiger partial charge in [0.1, 0.15) is 5.76 Å². The van der Waals surface area contributed by atoms with E-state index in [1.165, 1.54) is 0 Å². The monoisotopic (exact) mass is 198 g/mol. The molecule has 1 rings (SSSR count). The molecule has 80 valence electrons. The number of hydrogen-bond acceptors (Lipinski definition) is 4. The zero-order valence-electron chi connectivity index (χ0n) is 8.69. The molecule has 0 aromatic carbocycles. The van der Waals surface area contributed by atoms with Crippen LogP contribution in [0.5, 0.6) is 0 Å². The molecule has 1 heterocycles. The number of hydrazine groups is 1. The van der Waals surface area contributed by atoms with Gasteiger partial charge in [-0.25, -0.2) is 0 Å². The lowest BCUT2D eigenvalue weighted by Gasteiger charge is -2.22. The Morgan fingerprint density at radius 1 is 1.64 bits per heavy atom. The molecule has 4 heteroatoms. The van der Waals surface area contributed by atoms with Crippen LogP contribution in [0.3, 0.4) is 0 Å². The minimum Gasteiger partial charge on any atom is -0.469 e. The summed E-state index contributed by atoms with van der Waals surface area (Å²) in [5.41, 5.74) is 2.74. The molecule has 3 N–H and O–H groups in total. The lowest BCUT2D eigenvalue weighted by Crippen LogP contribution is -2.45. The van der Waals surface area contributed by atoms with Crippen LogP contribution in [0.2, 0.25) is 0 Å². The van der Waals surface area contributed by atoms with Crippen LogP contribution in [-0.2, 0) is 11.2 Å². The molecule has 0 radical (unpaired) electrons. The second-order valence-corrected chi connectivity index (χ2v) is 3.22. The SMILES string of the molecule is CCOC(C)C(Cc1ccco1)NN. The van der Waals surface area contributed by atoms with E-state index in [4.69, 9.17) is 15.0 Å². The first-order valence-electron chi connectivity index (χ1n) is 4.88. The molecule has 1 aromatic rings. The van der Waals surface area contributed by atoms with Gasteiger partial charge in [0.15, 0.2) is 0 Å². The van der Waals surface area contributed by atoms with Crippen LogP contribution in [0, 0.1) is 0 Å². The van der Waals surface area contributed by atoms with Gasteiger partial charge < -0.3 is 9.15 Å². The van der Waals surface area contributed by atoms with Crippen molar-refractivity contribution in [1.29, 1.82) is 0 Å². The fourth-order valence-electron chi connectivity index (χ4n) is 1.38. The summed E-state index contributed by atoms with van der Waals surface area (Å²) in [6, 6.07) is 3.89. The van der Waals surface area contributed by atoms with Crippen molar-refractivity contribution in [2.24, 2.45) is 5.84 Å². The molecule has 4 nitrogen and oxygen atoms in total. The Balaban J connectivity index is 2.46. The van der Waals surface area contributed by atoms with E-state index < -0.39 is 0 Å². The van der Waals surface area contributed by atoms with E-state index in [0.717, 1.165) is 12.2 Å². The number of nitrogens with two attached hydrogens (primary N) is 1. The van der Waals surface area contributed by atoms with Gasteiger partial charge in [-0.1, -0.05) is 0 Å². The molecule has 2 atom stereocenters. The van der Waals surface area contributed by atoms with Gasteiger partial charge in [0.25, 0.3) is 0 Å². The van der Waals surface area contributed by atoms with E-state index in [1.54, 1.807) is 6.26 Å². The second kappa shape index (κ2) is 5.80. The highest BCUT2D eigenvalue weighted by molar-refractivity contribution is 5.01. The third-order valence-corrected chi connectivity index (χ3v) is 2.21. The van der Waals surface area contributed by atoms with Crippen LogP contribution in [-0.4, -0.2) is 18.8 Å². The van der Waals surface area contributed by atoms with Crippen LogP contribution in [0.1, 0.15) is 19.6 Å². The molecular formula is C10H18N2O2. The maximum atomic E-state index is 5.46. The first-order chi connectivity index (χ1) is 6.77. The van der Waals surface area contributed by atoms with Crippen molar-refractivity contribution in [3.05, 3.63) is 24.2 Å². The highest BCUT2D eigenvalue weighted by atomic mass is 16.5. The van der Waals surface area contributed by atoms with Crippen molar-refractivity contribution in [1.82, 2.24) is 5.43 Å². The molecule has 0 saturated heterocycles. The van der Waals surface area contributed by atoms with E-state index in [-0.39, 0.29) is 12.1 Å². The third kappa shape index (κ3) is 3.14. The van der Waals surface area contributed by atoms with Crippen molar-refractivity contribution < 1.29 is 9.15 Å². The summed E-state index contributed by atoms with van der Waals surface area (Å²) in [6.45, 7) is 4.66. The Morgan fingerprint density at radius 2 is 2.43 bits per heavy atom. The first kappa shape index (κ1) is 11.2. The molecule has 0 spiro atoms. The molecule has 2 unspecified atom stereocenters. The average molecular weight is 198 g/mol. The van der Waals surface area contributed by atoms with Gasteiger partial charge in [-0.15, -0.1) is 0 Å². The molecule has 0 aliphatic carbocycles. The molecule has 0 bridgehead atoms. The zero-order chi connectivity index (χ0) is 10.4. The van der Waals surface area contributed by atoms with Crippen LogP contribution < -0.4 is 11.3 Å². The van der Waals surface area contributed by atoms with Crippen LogP contribution in [0.4, 0.5) is 0 Å². The predicted octanol–water partition coefficient (Wildman–Crippen LogP) is 1.08. The van der Waals surface area contributed by atoms with Gasteiger partial charge >= 0.3 is 0 Å². The summed E-state index contributed by atoms with van der Waals surface area (Å²) in [5.74, 6) is 6.37. The molecule has 14 heavy (non-hydrogen) atoms. The van der Waals surface area contributed by atoms with Gasteiger partial charge in [0, 0.05) is 13.0 Å². The molecule has 0 fully saturated rings. The normalized spacial score (nSPS) is 15.4. The van der Waals surface area contributed by atoms with Crippen molar-refractivity contribution in [3.8, 4) is 0 Å². The minimum absolute atomic E-state index is 0.0788. The van der Waals surface area contributed by atoms with Crippen molar-refractivity contribution in [2.45, 2.75) is 32.4 Å². The number of nitrogens with one attached hydrogen (secondary N) is 1. The molecule has 0 amide bonds. The third-order valence-electron chi connectivity index (χ3n) is 2.21. The van der Waals surface area contributed by atoms with Crippen molar-refractivity contribution >= 4 is 0 Å². The minimum atomic E-state index is 0.0788. The van der Waals surface area contributed by atoms with Crippen molar-refractivity contribution in [3.63, 3.8) is 0 Å². The topological polar surface area (TPSA) is 60.4 Å². The Kier molecular flexibility index (Phi) is 4.65. The highest BCUT2D eigenvalue weighted by Crippen LogP contribution is 2.08. The highest BCUT2D eigenvalue weighted by Gasteiger charge is 2.17. The summed E-state index contributed by atoms with van der Waals surface area (Å²) in [7, 11) is 0. The van der Waals surface area contributed by atoms with Crippen LogP contribution in [0.15, 0.2) is 22.8 Å². The molecule has 0 aliphatic rings. The van der Waals surface area contributed by atoms with E-state index in [0.29, 0.717) is 6.61 Å². The Morgan fingerprint density at radius 3 is 2.93 bits per heavy atom. The Bertz CT molecular complexity index is 236. The predicted molar refractivity (Wildman–Crippen MR) is 54.6 cm³/mol. The standard InChI is InChI=1S/C10H18N2O2/c1-3-13-8(2)10(12-11)7-9-5-4-6-14-9/h4-6,8,10,12H,3,7,11H2,1-2H3. The number of ether oxygens (including phenoxy) is 1. The molecule has 0 aliphatic heterocycles. The molecule has 1 aromatic heterocycles. The van der Waals surface area contributed by atoms with E-state index in [2.05, 4.69) is 5.43 Å². The van der Waals surface area contributed by atoms with E-state index in [9.17, 15) is 0 Å². The van der Waals surface area contributed by atoms with Gasteiger partial charge in [-0.05, 0) is 26.0 Å². The first-order valence-corrected chi connectivity index (χ1v) is 4.88. The van der Waals surface area contributed by atoms with Crippen LogP contribution >= 0.6 is 0 Å². The summed E-state index contributed by atoms with van der Waals surface area (Å²) >= 11 is 0. The summed E-state index contributed by atoms with van der Waals surface area (Å²) in [4.78, 5) is 0. The Hall–Kier alpha value is -0.840. The maximum absolute atomic E-state index is 5.46. The molecular weight excluding hydrogens is 180 g/mol. The Labute approximate surface area is 84.4 Å². The molecule has 0 saturated carbocycles. The maximum Gasteiger partial charge on any atom is 0.105 e. The summed E-state index contributed by atoms with van der Waals surface area (Å²) in [6.07, 6.45) is 2.48. The fraction of sp³-hybridized carbons (Fsp3) is 0.600. The largest absolute Gasteiger partial charge is 0.469 e. The lowest BCUT2D eigenvalue weighted by molar-refractivity contribution is 0.0463. The zero-order valence-corrected chi connectivity index (χ0v) is 8.69. The van der Waals surface area contributed by atoms with Gasteiger partial charge in [-0.3, -0.25) is 11.3 Å². The smallest absolute Gasteiger partial charge is 0.105 e. The average Bonchev–Trinajstić information content (AvgIpc) is 2.66. The number of hydrogen-bond donors (Lipinski definition) is 2. The number of furan rings is 1. The van der Waals surface area contributed by atoms with E-state index in [1.807, 2.05) is 26.0 Å². The second-order valence-electron chi connectivity index (χ2n) is 3.22. The summed E-state index contributed by atoms with van der Waals surface area (Å²) in [5, 5.41) is 0. The summed E-state index contributed by atoms with van der Waals surface area (Å²) < 4.78 is 10.7. The van der Waals surface area contributed by atoms with Crippen molar-refractivity contribution in [2.75, 3.05) is 6.61 Å². The lowest BCUT2D eigenvalue weighted by atomic mass is 10.1. The van der Waals surface area contributed by atoms with Gasteiger partial charge in [0.05, 0.1) is 18.4 Å². The quantitative estimate of drug-likeness (QED) is 0.530. The fourth-order valence-corrected chi connectivity index (χ4v) is 1.38.